The summed E-state index contributed by atoms with van der Waals surface area (Å²) in [7, 11) is 5.70. The second-order valence-electron chi connectivity index (χ2n) is 39.5. The number of hydrogen-bond donors (Lipinski definition) is 0. The van der Waals surface area contributed by atoms with Gasteiger partial charge in [0.25, 0.3) is 5.91 Å². The monoisotopic (exact) mass is 1970 g/mol. The van der Waals surface area contributed by atoms with Gasteiger partial charge in [0.2, 0.25) is 31.4 Å². The summed E-state index contributed by atoms with van der Waals surface area (Å²) >= 11 is 13.4. The maximum Gasteiger partial charge on any atom is 0.318 e. The number of alkyl halides is 5. The number of likely N-dealkylation sites (N-methyl/N-ethyl adjacent to an activating group) is 3. The van der Waals surface area contributed by atoms with Crippen LogP contribution in [0.15, 0.2) is 146 Å². The number of carbonyl (C=O) groups excluding carboxylic acids is 3. The molecule has 0 N–H and O–H groups in total. The first-order valence-corrected chi connectivity index (χ1v) is 49.1. The second kappa shape index (κ2) is 43.2. The van der Waals surface area contributed by atoms with Crippen LogP contribution in [0.25, 0.3) is 46.9 Å². The van der Waals surface area contributed by atoms with E-state index in [-0.39, 0.29) is 106 Å². The van der Waals surface area contributed by atoms with Crippen molar-refractivity contribution in [1.82, 2.24) is 64.2 Å². The number of halogens is 8. The molecule has 6 aromatic carbocycles. The van der Waals surface area contributed by atoms with E-state index >= 15 is 0 Å². The predicted molar refractivity (Wildman–Crippen MR) is 538 cm³/mol. The molecule has 7 saturated heterocycles. The lowest BCUT2D eigenvalue weighted by Crippen LogP contribution is -2.57. The lowest BCUT2D eigenvalue weighted by molar-refractivity contribution is -0.131. The third kappa shape index (κ3) is 22.7. The van der Waals surface area contributed by atoms with E-state index in [1.54, 1.807) is 42.7 Å². The van der Waals surface area contributed by atoms with Crippen molar-refractivity contribution in [2.75, 3.05) is 214 Å². The van der Waals surface area contributed by atoms with E-state index < -0.39 is 47.6 Å². The van der Waals surface area contributed by atoms with E-state index in [4.69, 9.17) is 87.0 Å². The van der Waals surface area contributed by atoms with Crippen LogP contribution in [0.2, 0.25) is 10.0 Å². The molecule has 141 heavy (non-hydrogen) atoms. The first-order valence-electron chi connectivity index (χ1n) is 48.4. The Hall–Kier alpha value is -12.4. The molecule has 3 unspecified atom stereocenters. The fraction of sp³-hybridized carbons (Fsp3) is 0.486. The Balaban J connectivity index is 0.000000146. The van der Waals surface area contributed by atoms with Crippen molar-refractivity contribution in [1.29, 1.82) is 0 Å². The van der Waals surface area contributed by atoms with Gasteiger partial charge in [0.15, 0.2) is 5.83 Å². The number of anilines is 6. The Bertz CT molecular complexity index is 6340. The van der Waals surface area contributed by atoms with Gasteiger partial charge in [0.1, 0.15) is 85.3 Å². The number of benzene rings is 6. The Morgan fingerprint density at radius 1 is 0.461 bits per heavy atom. The molecule has 19 rings (SSSR count). The van der Waals surface area contributed by atoms with Crippen LogP contribution < -0.4 is 43.6 Å². The van der Waals surface area contributed by atoms with Gasteiger partial charge in [0, 0.05) is 217 Å². The number of ether oxygens (including phenoxy) is 3. The van der Waals surface area contributed by atoms with Gasteiger partial charge in [-0.3, -0.25) is 34.0 Å². The number of carbonyl (C=O) groups is 3. The highest BCUT2D eigenvalue weighted by Gasteiger charge is 2.46. The van der Waals surface area contributed by atoms with Crippen LogP contribution in [0.3, 0.4) is 0 Å². The molecule has 13 heterocycles. The molecule has 9 atom stereocenters. The highest BCUT2D eigenvalue weighted by Crippen LogP contribution is 2.44. The molecule has 0 radical (unpaired) electrons. The van der Waals surface area contributed by atoms with Crippen LogP contribution in [0, 0.1) is 26.6 Å². The highest BCUT2D eigenvalue weighted by molar-refractivity contribution is 6.37. The van der Waals surface area contributed by atoms with Crippen molar-refractivity contribution in [3.63, 3.8) is 0 Å². The number of likely N-dealkylation sites (tertiary alicyclic amines) is 4. The Morgan fingerprint density at radius 3 is 1.15 bits per heavy atom. The summed E-state index contributed by atoms with van der Waals surface area (Å²) in [4.78, 5) is 105. The van der Waals surface area contributed by atoms with E-state index in [1.807, 2.05) is 77.1 Å². The van der Waals surface area contributed by atoms with Crippen molar-refractivity contribution < 1.29 is 54.9 Å². The van der Waals surface area contributed by atoms with Crippen molar-refractivity contribution in [2.24, 2.45) is 0 Å². The average molecular weight is 1970 g/mol. The average Bonchev–Trinajstić information content (AvgIpc) is 1.65. The molecule has 0 aliphatic carbocycles. The summed E-state index contributed by atoms with van der Waals surface area (Å²) in [6.07, 6.45) is 8.11. The molecule has 742 valence electrons. The molecular weight excluding hydrogens is 1850 g/mol. The number of aryl methyl sites for hydroxylation is 1. The van der Waals surface area contributed by atoms with Crippen LogP contribution in [-0.2, 0) is 53.3 Å². The molecule has 3 aromatic heterocycles. The molecular formula is C105H120Cl2F6N22O6. The van der Waals surface area contributed by atoms with Crippen molar-refractivity contribution in [2.45, 2.75) is 145 Å². The third-order valence-corrected chi connectivity index (χ3v) is 29.5. The number of fused-ring (bicyclic) bond motifs is 6. The van der Waals surface area contributed by atoms with Gasteiger partial charge in [-0.25, -0.2) is 46.1 Å². The molecule has 7 fully saturated rings. The van der Waals surface area contributed by atoms with E-state index in [1.165, 1.54) is 33.4 Å². The van der Waals surface area contributed by atoms with Gasteiger partial charge in [-0.2, -0.15) is 29.9 Å². The molecule has 10 aliphatic rings. The van der Waals surface area contributed by atoms with Crippen LogP contribution in [0.1, 0.15) is 79.4 Å². The quantitative estimate of drug-likeness (QED) is 0.0313. The third-order valence-electron chi connectivity index (χ3n) is 28.8. The number of rotatable bonds is 24. The Labute approximate surface area is 829 Å². The second-order valence-corrected chi connectivity index (χ2v) is 40.3. The Morgan fingerprint density at radius 2 is 0.801 bits per heavy atom. The van der Waals surface area contributed by atoms with Gasteiger partial charge in [0.05, 0.1) is 46.8 Å². The SMILES string of the molecule is [C-]#[N+]C[C@H]1CN(c2nc(OC[C@@H]3CC(C)(F)CN3C)nc3c2CCN(c2cccc4cccc(C)c24)C3)CCN1C(=O)C(=C)F.[C-]#[N+]C[C@H]1CN(c2nc(OC[C@@H]3CC(C)(F)CN3C)nc3c2CCN(c2cccc4cccc(Cl)c24)C3)CCN1C(=O)/C=C/CF.[C-]#[N+]C[C@H]1CN(c2nc(OC[C@@H]3CC(C)(F)CN3C)nc3c2CCN(c2cccc4cccc(Cl)c24)C3)CCN1C(=O)/C=C/CN1CC(F)C1. The van der Waals surface area contributed by atoms with Gasteiger partial charge in [-0.15, -0.1) is 0 Å². The maximum atomic E-state index is 14.8. The van der Waals surface area contributed by atoms with Crippen LogP contribution in [-0.4, -0.2) is 326 Å². The van der Waals surface area contributed by atoms with Gasteiger partial charge in [-0.1, -0.05) is 115 Å². The van der Waals surface area contributed by atoms with Crippen LogP contribution >= 0.6 is 23.2 Å². The number of amides is 3. The number of allylic oxidation sites excluding steroid dienone is 1. The molecule has 28 nitrogen and oxygen atoms in total. The summed E-state index contributed by atoms with van der Waals surface area (Å²) in [5.74, 6) is -0.0601. The number of hydrogen-bond acceptors (Lipinski definition) is 22. The Kier molecular flexibility index (Phi) is 30.7. The van der Waals surface area contributed by atoms with Crippen molar-refractivity contribution >= 4 is 108 Å². The predicted octanol–water partition coefficient (Wildman–Crippen LogP) is 14.7. The zero-order valence-corrected chi connectivity index (χ0v) is 82.3. The normalized spacial score (nSPS) is 24.0. The van der Waals surface area contributed by atoms with Crippen LogP contribution in [0.5, 0.6) is 18.0 Å². The molecule has 0 spiro atoms. The molecule has 3 amide bonds. The largest absolute Gasteiger partial charge is 0.462 e. The standard InChI is InChI=1S/C37H43ClF2N8O2.C34H38ClF2N7O2.C34H39F2N7O2/c1-37(40)17-27(44(3)24-37)23-50-36-42-31-22-46(32-10-5-8-25-7-4-9-30(38)34(25)32)14-12-29(31)35(43-36)47-15-16-48(28(21-47)18-41-2)33(49)11-6-13-45-19-26(39)20-45;1-34(37)17-24(41(3)22-34)21-46-33-39-28-20-42(29-10-5-8-23-7-4-9-27(35)31(23)29)14-12-26(28)32(40-33)43-15-16-44(25(19-43)18-38-2)30(45)11-6-13-36;1-22-8-6-9-24-10-7-11-29(30(22)24)41-13-12-27-28(19-41)38-33(45-20-25-16-34(3,36)21-40(25)5)39-31(27)42-14-15-43(32(44)23(2)35)26(18-42)17-37-4/h4-11,26-28H,12-24H2,1,3H3;4-11,24-25H,12-22H2,1,3H3;6-11,25-26H,2,12-21H2,1,3,5H3/b2*11-6+;/t27-,28-,37?;24-,25-,34?;25-,26-,34?/m000/s1. The summed E-state index contributed by atoms with van der Waals surface area (Å²) in [6, 6.07) is 36.0. The van der Waals surface area contributed by atoms with Gasteiger partial charge in [-0.05, 0) is 126 Å². The molecule has 10 aliphatic heterocycles. The fourth-order valence-corrected chi connectivity index (χ4v) is 22.5. The molecule has 36 heteroatoms. The fourth-order valence-electron chi connectivity index (χ4n) is 22.0. The first kappa shape index (κ1) is 100. The van der Waals surface area contributed by atoms with E-state index in [9.17, 15) is 40.7 Å². The molecule has 0 bridgehead atoms. The minimum Gasteiger partial charge on any atom is -0.462 e. The van der Waals surface area contributed by atoms with Crippen LogP contribution in [0.4, 0.5) is 60.9 Å². The summed E-state index contributed by atoms with van der Waals surface area (Å²) in [5.41, 5.74) is 6.13. The summed E-state index contributed by atoms with van der Waals surface area (Å²) < 4.78 is 103. The lowest BCUT2D eigenvalue weighted by Gasteiger charge is -2.41. The molecule has 9 aromatic rings. The number of piperazine rings is 3. The van der Waals surface area contributed by atoms with Crippen molar-refractivity contribution in [3.05, 3.63) is 230 Å². The minimum absolute atomic E-state index is 0.0381. The van der Waals surface area contributed by atoms with Gasteiger partial charge >= 0.3 is 18.0 Å². The van der Waals surface area contributed by atoms with E-state index in [2.05, 4.69) is 130 Å². The summed E-state index contributed by atoms with van der Waals surface area (Å²) in [6.45, 7) is 42.9. The maximum absolute atomic E-state index is 14.8. The molecule has 0 saturated carbocycles. The first-order chi connectivity index (χ1) is 67.8. The minimum atomic E-state index is -1.28. The zero-order valence-electron chi connectivity index (χ0n) is 80.8. The lowest BCUT2D eigenvalue weighted by atomic mass is 9.99. The zero-order chi connectivity index (χ0) is 99.3. The number of aromatic nitrogens is 6. The summed E-state index contributed by atoms with van der Waals surface area (Å²) in [5, 5.41) is 7.89. The van der Waals surface area contributed by atoms with Gasteiger partial charge < -0.3 is 72.8 Å². The topological polar surface area (TPSA) is 211 Å². The highest BCUT2D eigenvalue weighted by atomic mass is 35.5. The number of nitrogens with zero attached hydrogens (tertiary/aromatic N) is 22. The smallest absolute Gasteiger partial charge is 0.318 e. The van der Waals surface area contributed by atoms with E-state index in [0.29, 0.717) is 172 Å². The van der Waals surface area contributed by atoms with Crippen molar-refractivity contribution in [3.8, 4) is 18.0 Å². The van der Waals surface area contributed by atoms with E-state index in [0.717, 1.165) is 97.1 Å².